The van der Waals surface area contributed by atoms with Crippen molar-refractivity contribution in [1.29, 1.82) is 0 Å². The van der Waals surface area contributed by atoms with Crippen molar-refractivity contribution in [2.75, 3.05) is 32.8 Å². The Labute approximate surface area is 158 Å². The fraction of sp³-hybridized carbons (Fsp3) is 0.667. The molecule has 1 saturated heterocycles. The summed E-state index contributed by atoms with van der Waals surface area (Å²) >= 11 is 0. The smallest absolute Gasteiger partial charge is 0.271 e. The maximum absolute atomic E-state index is 12.4. The Bertz CT molecular complexity index is 711. The first kappa shape index (κ1) is 18.1. The molecule has 0 atom stereocenters. The lowest BCUT2D eigenvalue weighted by Gasteiger charge is -2.33. The van der Waals surface area contributed by atoms with E-state index in [1.807, 2.05) is 12.4 Å². The standard InChI is InChI=1S/C18H27N7O2/c26-18(19-5-1-7-25-9-6-20-22-25)16-14-24-11-10-23(8-2-17(24)21-16)15-3-12-27-13-4-15/h6,9,14-15H,1-5,7-8,10-13H2,(H,19,26). The summed E-state index contributed by atoms with van der Waals surface area (Å²) in [6.07, 6.45) is 9.29. The molecule has 9 heteroatoms. The lowest BCUT2D eigenvalue weighted by molar-refractivity contribution is 0.0347. The molecule has 2 aromatic heterocycles. The Morgan fingerprint density at radius 2 is 2.15 bits per heavy atom. The third-order valence-electron chi connectivity index (χ3n) is 5.37. The van der Waals surface area contributed by atoms with Gasteiger partial charge < -0.3 is 14.6 Å². The summed E-state index contributed by atoms with van der Waals surface area (Å²) in [4.78, 5) is 19.5. The Kier molecular flexibility index (Phi) is 5.78. The zero-order valence-electron chi connectivity index (χ0n) is 15.6. The van der Waals surface area contributed by atoms with E-state index in [-0.39, 0.29) is 5.91 Å². The SMILES string of the molecule is O=C(NCCCn1ccnn1)c1cn2c(n1)CCN(C1CCOCC1)CC2. The number of aromatic nitrogens is 5. The molecule has 146 valence electrons. The van der Waals surface area contributed by atoms with Gasteiger partial charge >= 0.3 is 0 Å². The molecule has 0 saturated carbocycles. The highest BCUT2D eigenvalue weighted by Crippen LogP contribution is 2.18. The third kappa shape index (κ3) is 4.54. The number of nitrogens with one attached hydrogen (secondary N) is 1. The summed E-state index contributed by atoms with van der Waals surface area (Å²) in [5.41, 5.74) is 0.519. The van der Waals surface area contributed by atoms with Crippen LogP contribution in [0, 0.1) is 0 Å². The van der Waals surface area contributed by atoms with Crippen molar-refractivity contribution in [3.05, 3.63) is 30.1 Å². The second-order valence-corrected chi connectivity index (χ2v) is 7.14. The predicted octanol–water partition coefficient (Wildman–Crippen LogP) is 0.332. The summed E-state index contributed by atoms with van der Waals surface area (Å²) in [6, 6.07) is 0.621. The fourth-order valence-electron chi connectivity index (χ4n) is 3.85. The van der Waals surface area contributed by atoms with Crippen LogP contribution >= 0.6 is 0 Å². The van der Waals surface area contributed by atoms with Gasteiger partial charge in [0.15, 0.2) is 0 Å². The van der Waals surface area contributed by atoms with Gasteiger partial charge in [0.25, 0.3) is 5.91 Å². The highest BCUT2D eigenvalue weighted by atomic mass is 16.5. The van der Waals surface area contributed by atoms with E-state index in [0.717, 1.165) is 70.9 Å². The normalized spacial score (nSPS) is 18.8. The van der Waals surface area contributed by atoms with E-state index in [9.17, 15) is 4.79 Å². The second kappa shape index (κ2) is 8.62. The van der Waals surface area contributed by atoms with Crippen molar-refractivity contribution in [1.82, 2.24) is 34.8 Å². The largest absolute Gasteiger partial charge is 0.381 e. The quantitative estimate of drug-likeness (QED) is 0.734. The number of fused-ring (bicyclic) bond motifs is 1. The van der Waals surface area contributed by atoms with Crippen LogP contribution < -0.4 is 5.32 Å². The topological polar surface area (TPSA) is 90.1 Å². The van der Waals surface area contributed by atoms with Gasteiger partial charge in [-0.05, 0) is 19.3 Å². The minimum absolute atomic E-state index is 0.101. The van der Waals surface area contributed by atoms with Crippen LogP contribution in [-0.2, 0) is 24.2 Å². The molecule has 27 heavy (non-hydrogen) atoms. The number of imidazole rings is 1. The van der Waals surface area contributed by atoms with Gasteiger partial charge in [-0.3, -0.25) is 14.4 Å². The first-order chi connectivity index (χ1) is 13.3. The van der Waals surface area contributed by atoms with Crippen molar-refractivity contribution in [2.24, 2.45) is 0 Å². The molecular weight excluding hydrogens is 346 g/mol. The molecule has 4 rings (SSSR count). The molecule has 2 aromatic rings. The summed E-state index contributed by atoms with van der Waals surface area (Å²) in [5, 5.41) is 10.6. The van der Waals surface area contributed by atoms with Gasteiger partial charge in [-0.1, -0.05) is 5.21 Å². The number of rotatable bonds is 6. The Morgan fingerprint density at radius 3 is 2.96 bits per heavy atom. The predicted molar refractivity (Wildman–Crippen MR) is 98.3 cm³/mol. The van der Waals surface area contributed by atoms with Gasteiger partial charge in [0, 0.05) is 70.8 Å². The Morgan fingerprint density at radius 1 is 1.26 bits per heavy atom. The number of carbonyl (C=O) groups is 1. The van der Waals surface area contributed by atoms with Crippen LogP contribution in [0.3, 0.4) is 0 Å². The van der Waals surface area contributed by atoms with E-state index in [0.29, 0.717) is 18.3 Å². The van der Waals surface area contributed by atoms with Crippen molar-refractivity contribution in [3.8, 4) is 0 Å². The van der Waals surface area contributed by atoms with Crippen molar-refractivity contribution in [3.63, 3.8) is 0 Å². The van der Waals surface area contributed by atoms with Crippen molar-refractivity contribution >= 4 is 5.91 Å². The number of hydrogen-bond acceptors (Lipinski definition) is 6. The lowest BCUT2D eigenvalue weighted by atomic mass is 10.1. The molecule has 2 aliphatic rings. The Balaban J connectivity index is 1.26. The molecule has 0 aromatic carbocycles. The van der Waals surface area contributed by atoms with Gasteiger partial charge in [0.1, 0.15) is 11.5 Å². The molecule has 4 heterocycles. The average molecular weight is 373 g/mol. The highest BCUT2D eigenvalue weighted by Gasteiger charge is 2.25. The van der Waals surface area contributed by atoms with E-state index in [1.165, 1.54) is 0 Å². The van der Waals surface area contributed by atoms with Gasteiger partial charge in [-0.25, -0.2) is 4.98 Å². The molecule has 0 unspecified atom stereocenters. The number of carbonyl (C=O) groups excluding carboxylic acids is 1. The fourth-order valence-corrected chi connectivity index (χ4v) is 3.85. The number of hydrogen-bond donors (Lipinski definition) is 1. The maximum atomic E-state index is 12.4. The zero-order valence-corrected chi connectivity index (χ0v) is 15.6. The van der Waals surface area contributed by atoms with Gasteiger partial charge in [-0.15, -0.1) is 5.10 Å². The molecule has 0 radical (unpaired) electrons. The van der Waals surface area contributed by atoms with Gasteiger partial charge in [0.05, 0.1) is 6.20 Å². The lowest BCUT2D eigenvalue weighted by Crippen LogP contribution is -2.41. The number of nitrogens with zero attached hydrogens (tertiary/aromatic N) is 6. The van der Waals surface area contributed by atoms with Gasteiger partial charge in [-0.2, -0.15) is 0 Å². The molecule has 0 bridgehead atoms. The minimum Gasteiger partial charge on any atom is -0.381 e. The summed E-state index contributed by atoms with van der Waals surface area (Å²) in [6.45, 7) is 5.97. The molecule has 1 fully saturated rings. The van der Waals surface area contributed by atoms with E-state index in [2.05, 4.69) is 30.1 Å². The maximum Gasteiger partial charge on any atom is 0.271 e. The molecule has 2 aliphatic heterocycles. The number of amides is 1. The first-order valence-corrected chi connectivity index (χ1v) is 9.80. The molecule has 1 amide bonds. The van der Waals surface area contributed by atoms with Crippen molar-refractivity contribution < 1.29 is 9.53 Å². The first-order valence-electron chi connectivity index (χ1n) is 9.80. The van der Waals surface area contributed by atoms with Crippen molar-refractivity contribution in [2.45, 2.75) is 44.8 Å². The minimum atomic E-state index is -0.101. The molecule has 1 N–H and O–H groups in total. The van der Waals surface area contributed by atoms with Crippen LogP contribution in [0.5, 0.6) is 0 Å². The number of ether oxygens (including phenoxy) is 1. The summed E-state index contributed by atoms with van der Waals surface area (Å²) < 4.78 is 9.38. The summed E-state index contributed by atoms with van der Waals surface area (Å²) in [5.74, 6) is 0.910. The van der Waals surface area contributed by atoms with E-state index in [4.69, 9.17) is 4.74 Å². The zero-order chi connectivity index (χ0) is 18.5. The van der Waals surface area contributed by atoms with E-state index < -0.39 is 0 Å². The average Bonchev–Trinajstić information content (AvgIpc) is 3.32. The molecule has 9 nitrogen and oxygen atoms in total. The number of aryl methyl sites for hydroxylation is 1. The molecule has 0 spiro atoms. The van der Waals surface area contributed by atoms with Crippen LogP contribution in [0.25, 0.3) is 0 Å². The van der Waals surface area contributed by atoms with E-state index >= 15 is 0 Å². The monoisotopic (exact) mass is 373 g/mol. The van der Waals surface area contributed by atoms with Crippen LogP contribution in [-0.4, -0.2) is 74.2 Å². The van der Waals surface area contributed by atoms with E-state index in [1.54, 1.807) is 10.9 Å². The van der Waals surface area contributed by atoms with Crippen LogP contribution in [0.2, 0.25) is 0 Å². The van der Waals surface area contributed by atoms with Crippen LogP contribution in [0.4, 0.5) is 0 Å². The summed E-state index contributed by atoms with van der Waals surface area (Å²) in [7, 11) is 0. The third-order valence-corrected chi connectivity index (χ3v) is 5.37. The van der Waals surface area contributed by atoms with Crippen LogP contribution in [0.15, 0.2) is 18.6 Å². The Hall–Kier alpha value is -2.26. The van der Waals surface area contributed by atoms with Crippen LogP contribution in [0.1, 0.15) is 35.6 Å². The molecule has 0 aliphatic carbocycles. The highest BCUT2D eigenvalue weighted by molar-refractivity contribution is 5.92. The second-order valence-electron chi connectivity index (χ2n) is 7.14. The van der Waals surface area contributed by atoms with Gasteiger partial charge in [0.2, 0.25) is 0 Å². The molecular formula is C18H27N7O2.